The number of anilines is 1. The molecule has 1 unspecified atom stereocenters. The van der Waals surface area contributed by atoms with Gasteiger partial charge in [0, 0.05) is 23.2 Å². The summed E-state index contributed by atoms with van der Waals surface area (Å²) in [5, 5.41) is 3.74. The summed E-state index contributed by atoms with van der Waals surface area (Å²) in [7, 11) is 0. The first kappa shape index (κ1) is 22.0. The molecule has 0 bridgehead atoms. The number of nitrogens with one attached hydrogen (secondary N) is 1. The van der Waals surface area contributed by atoms with Gasteiger partial charge >= 0.3 is 0 Å². The maximum absolute atomic E-state index is 13.5. The van der Waals surface area contributed by atoms with E-state index in [0.717, 1.165) is 35.9 Å². The number of fused-ring (bicyclic) bond motifs is 4. The highest BCUT2D eigenvalue weighted by Gasteiger charge is 2.24. The lowest BCUT2D eigenvalue weighted by Crippen LogP contribution is -2.26. The highest BCUT2D eigenvalue weighted by atomic mass is 32.2. The van der Waals surface area contributed by atoms with Crippen LogP contribution in [0, 0.1) is 0 Å². The van der Waals surface area contributed by atoms with Gasteiger partial charge < -0.3 is 14.8 Å². The van der Waals surface area contributed by atoms with Crippen LogP contribution in [0.15, 0.2) is 40.8 Å². The van der Waals surface area contributed by atoms with Crippen molar-refractivity contribution in [1.29, 1.82) is 0 Å². The van der Waals surface area contributed by atoms with Crippen LogP contribution in [0.2, 0.25) is 0 Å². The van der Waals surface area contributed by atoms with E-state index in [4.69, 9.17) is 14.5 Å². The van der Waals surface area contributed by atoms with E-state index in [0.29, 0.717) is 28.9 Å². The van der Waals surface area contributed by atoms with Crippen LogP contribution in [0.25, 0.3) is 10.2 Å². The zero-order valence-corrected chi connectivity index (χ0v) is 20.0. The zero-order chi connectivity index (χ0) is 22.9. The van der Waals surface area contributed by atoms with Gasteiger partial charge in [0.05, 0.1) is 10.6 Å². The molecule has 3 heterocycles. The van der Waals surface area contributed by atoms with Crippen LogP contribution in [0.1, 0.15) is 36.6 Å². The molecule has 0 radical (unpaired) electrons. The minimum absolute atomic E-state index is 0.0369. The first-order valence-electron chi connectivity index (χ1n) is 11.1. The molecule has 0 saturated heterocycles. The van der Waals surface area contributed by atoms with E-state index in [-0.39, 0.29) is 18.3 Å². The van der Waals surface area contributed by atoms with Gasteiger partial charge in [-0.05, 0) is 50.3 Å². The number of thioether (sulfide) groups is 1. The van der Waals surface area contributed by atoms with Crippen LogP contribution in [0.5, 0.6) is 11.5 Å². The quantitative estimate of drug-likeness (QED) is 0.236. The SMILES string of the molecule is C=CCn1c(SC(C)C(=O)Nc2ccc3c(c2)OCO3)nc2sc3c(c2c1=O)CCCCC3. The molecule has 33 heavy (non-hydrogen) atoms. The van der Waals surface area contributed by atoms with Gasteiger partial charge in [0.25, 0.3) is 5.56 Å². The topological polar surface area (TPSA) is 82.5 Å². The fourth-order valence-corrected chi connectivity index (χ4v) is 6.43. The Morgan fingerprint density at radius 2 is 2.12 bits per heavy atom. The van der Waals surface area contributed by atoms with Crippen molar-refractivity contribution in [3.05, 3.63) is 51.6 Å². The average Bonchev–Trinajstić information content (AvgIpc) is 3.33. The second kappa shape index (κ2) is 9.23. The van der Waals surface area contributed by atoms with E-state index in [1.54, 1.807) is 40.2 Å². The predicted octanol–water partition coefficient (Wildman–Crippen LogP) is 4.76. The van der Waals surface area contributed by atoms with Gasteiger partial charge in [-0.15, -0.1) is 17.9 Å². The van der Waals surface area contributed by atoms with E-state index in [1.807, 2.05) is 6.92 Å². The number of aromatic nitrogens is 2. The molecule has 9 heteroatoms. The highest BCUT2D eigenvalue weighted by molar-refractivity contribution is 8.00. The number of carbonyl (C=O) groups is 1. The van der Waals surface area contributed by atoms with E-state index in [9.17, 15) is 9.59 Å². The Labute approximate surface area is 199 Å². The summed E-state index contributed by atoms with van der Waals surface area (Å²) in [6, 6.07) is 5.29. The van der Waals surface area contributed by atoms with E-state index in [2.05, 4.69) is 11.9 Å². The van der Waals surface area contributed by atoms with Crippen LogP contribution < -0.4 is 20.3 Å². The van der Waals surface area contributed by atoms with Crippen molar-refractivity contribution in [3.8, 4) is 11.5 Å². The molecular formula is C24H25N3O4S2. The molecular weight excluding hydrogens is 458 g/mol. The number of thiophene rings is 1. The lowest BCUT2D eigenvalue weighted by atomic mass is 10.1. The van der Waals surface area contributed by atoms with Crippen molar-refractivity contribution >= 4 is 44.9 Å². The van der Waals surface area contributed by atoms with Crippen LogP contribution in [0.4, 0.5) is 5.69 Å². The molecule has 1 amide bonds. The number of amides is 1. The fraction of sp³-hybridized carbons (Fsp3) is 0.375. The first-order chi connectivity index (χ1) is 16.0. The second-order valence-electron chi connectivity index (χ2n) is 8.16. The Morgan fingerprint density at radius 3 is 2.97 bits per heavy atom. The van der Waals surface area contributed by atoms with Crippen LogP contribution in [0.3, 0.4) is 0 Å². The normalized spacial score (nSPS) is 15.7. The number of nitrogens with zero attached hydrogens (tertiary/aromatic N) is 2. The Hall–Kier alpha value is -2.78. The van der Waals surface area contributed by atoms with Crippen molar-refractivity contribution in [2.45, 2.75) is 56.0 Å². The summed E-state index contributed by atoms with van der Waals surface area (Å²) in [6.45, 7) is 6.16. The summed E-state index contributed by atoms with van der Waals surface area (Å²) in [5.74, 6) is 1.09. The molecule has 0 fully saturated rings. The van der Waals surface area contributed by atoms with Gasteiger partial charge in [-0.25, -0.2) is 4.98 Å². The number of hydrogen-bond donors (Lipinski definition) is 1. The minimum atomic E-state index is -0.464. The molecule has 1 aromatic carbocycles. The first-order valence-corrected chi connectivity index (χ1v) is 12.8. The largest absolute Gasteiger partial charge is 0.454 e. The van der Waals surface area contributed by atoms with Crippen molar-refractivity contribution in [2.24, 2.45) is 0 Å². The molecule has 1 aliphatic carbocycles. The highest BCUT2D eigenvalue weighted by Crippen LogP contribution is 2.36. The lowest BCUT2D eigenvalue weighted by molar-refractivity contribution is -0.115. The van der Waals surface area contributed by atoms with Crippen molar-refractivity contribution in [1.82, 2.24) is 9.55 Å². The smallest absolute Gasteiger partial charge is 0.263 e. The standard InChI is InChI=1S/C24H25N3O4S2/c1-3-11-27-23(29)20-16-7-5-4-6-8-19(16)33-22(20)26-24(27)32-14(2)21(28)25-15-9-10-17-18(12-15)31-13-30-17/h3,9-10,12,14H,1,4-8,11,13H2,2H3,(H,25,28). The maximum Gasteiger partial charge on any atom is 0.263 e. The van der Waals surface area contributed by atoms with Gasteiger partial charge in [-0.2, -0.15) is 0 Å². The van der Waals surface area contributed by atoms with Gasteiger partial charge in [0.15, 0.2) is 16.7 Å². The summed E-state index contributed by atoms with van der Waals surface area (Å²) in [4.78, 5) is 33.3. The Bertz CT molecular complexity index is 1300. The average molecular weight is 484 g/mol. The molecule has 172 valence electrons. The van der Waals surface area contributed by atoms with Crippen molar-refractivity contribution < 1.29 is 14.3 Å². The van der Waals surface area contributed by atoms with Crippen LogP contribution in [-0.2, 0) is 24.2 Å². The number of allylic oxidation sites excluding steroid dienone is 1. The summed E-state index contributed by atoms with van der Waals surface area (Å²) in [5.41, 5.74) is 1.77. The molecule has 5 rings (SSSR count). The number of ether oxygens (including phenoxy) is 2. The monoisotopic (exact) mass is 483 g/mol. The molecule has 2 aromatic heterocycles. The molecule has 2 aliphatic rings. The Morgan fingerprint density at radius 1 is 1.30 bits per heavy atom. The molecule has 1 N–H and O–H groups in total. The summed E-state index contributed by atoms with van der Waals surface area (Å²) in [6.07, 6.45) is 7.09. The summed E-state index contributed by atoms with van der Waals surface area (Å²) >= 11 is 2.91. The van der Waals surface area contributed by atoms with Gasteiger partial charge in [-0.1, -0.05) is 24.3 Å². The number of carbonyl (C=O) groups excluding carboxylic acids is 1. The Kier molecular flexibility index (Phi) is 6.16. The molecule has 1 aliphatic heterocycles. The van der Waals surface area contributed by atoms with Crippen molar-refractivity contribution in [3.63, 3.8) is 0 Å². The number of rotatable bonds is 6. The number of benzene rings is 1. The third kappa shape index (κ3) is 4.27. The molecule has 1 atom stereocenters. The van der Waals surface area contributed by atoms with E-state index >= 15 is 0 Å². The summed E-state index contributed by atoms with van der Waals surface area (Å²) < 4.78 is 12.3. The third-order valence-corrected chi connectivity index (χ3v) is 8.17. The van der Waals surface area contributed by atoms with Crippen LogP contribution >= 0.6 is 23.1 Å². The van der Waals surface area contributed by atoms with Gasteiger partial charge in [-0.3, -0.25) is 14.2 Å². The maximum atomic E-state index is 13.5. The Balaban J connectivity index is 1.42. The predicted molar refractivity (Wildman–Crippen MR) is 132 cm³/mol. The molecule has 0 saturated carbocycles. The minimum Gasteiger partial charge on any atom is -0.454 e. The zero-order valence-electron chi connectivity index (χ0n) is 18.4. The van der Waals surface area contributed by atoms with E-state index in [1.165, 1.54) is 28.6 Å². The van der Waals surface area contributed by atoms with E-state index < -0.39 is 5.25 Å². The van der Waals surface area contributed by atoms with Crippen LogP contribution in [-0.4, -0.2) is 27.5 Å². The lowest BCUT2D eigenvalue weighted by Gasteiger charge is -2.15. The van der Waals surface area contributed by atoms with Gasteiger partial charge in [0.1, 0.15) is 4.83 Å². The molecule has 7 nitrogen and oxygen atoms in total. The number of aryl methyl sites for hydroxylation is 2. The third-order valence-electron chi connectivity index (χ3n) is 5.89. The fourth-order valence-electron chi connectivity index (χ4n) is 4.21. The molecule has 3 aromatic rings. The second-order valence-corrected chi connectivity index (χ2v) is 10.6. The van der Waals surface area contributed by atoms with Crippen molar-refractivity contribution in [2.75, 3.05) is 12.1 Å². The molecule has 0 spiro atoms. The van der Waals surface area contributed by atoms with Gasteiger partial charge in [0.2, 0.25) is 12.7 Å². The number of hydrogen-bond acceptors (Lipinski definition) is 7.